The number of nitrogens with one attached hydrogen (secondary N) is 1. The number of benzene rings is 3. The van der Waals surface area contributed by atoms with Crippen LogP contribution >= 0.6 is 11.6 Å². The molecule has 0 radical (unpaired) electrons. The smallest absolute Gasteiger partial charge is 0.243 e. The van der Waals surface area contributed by atoms with Crippen molar-refractivity contribution in [2.75, 3.05) is 17.1 Å². The Hall–Kier alpha value is -3.36. The number of sulfonamides is 1. The highest BCUT2D eigenvalue weighted by Crippen LogP contribution is 2.22. The third-order valence-electron chi connectivity index (χ3n) is 7.41. The monoisotopic (exact) mass is 595 g/mol. The van der Waals surface area contributed by atoms with Crippen LogP contribution in [0.4, 0.5) is 5.69 Å². The van der Waals surface area contributed by atoms with Crippen molar-refractivity contribution in [2.24, 2.45) is 0 Å². The average Bonchev–Trinajstić information content (AvgIpc) is 3.46. The summed E-state index contributed by atoms with van der Waals surface area (Å²) in [4.78, 5) is 29.3. The summed E-state index contributed by atoms with van der Waals surface area (Å²) < 4.78 is 26.4. The van der Waals surface area contributed by atoms with Gasteiger partial charge in [0.1, 0.15) is 6.04 Å². The molecule has 0 heterocycles. The van der Waals surface area contributed by atoms with Crippen molar-refractivity contribution in [3.63, 3.8) is 0 Å². The largest absolute Gasteiger partial charge is 0.352 e. The molecule has 0 bridgehead atoms. The van der Waals surface area contributed by atoms with E-state index < -0.39 is 16.1 Å². The van der Waals surface area contributed by atoms with E-state index in [4.69, 9.17) is 11.6 Å². The summed E-state index contributed by atoms with van der Waals surface area (Å²) in [5.41, 5.74) is 2.33. The molecule has 1 fully saturated rings. The van der Waals surface area contributed by atoms with E-state index in [2.05, 4.69) is 5.32 Å². The second-order valence-electron chi connectivity index (χ2n) is 10.6. The van der Waals surface area contributed by atoms with E-state index in [1.807, 2.05) is 48.5 Å². The van der Waals surface area contributed by atoms with Crippen molar-refractivity contribution in [1.82, 2.24) is 10.2 Å². The highest BCUT2D eigenvalue weighted by Gasteiger charge is 2.32. The summed E-state index contributed by atoms with van der Waals surface area (Å²) in [5, 5.41) is 3.75. The Labute approximate surface area is 248 Å². The topological polar surface area (TPSA) is 86.8 Å². The van der Waals surface area contributed by atoms with E-state index in [1.54, 1.807) is 41.3 Å². The van der Waals surface area contributed by atoms with Gasteiger partial charge in [-0.3, -0.25) is 13.9 Å². The lowest BCUT2D eigenvalue weighted by Gasteiger charge is -2.33. The molecule has 0 saturated heterocycles. The zero-order valence-corrected chi connectivity index (χ0v) is 25.0. The zero-order chi connectivity index (χ0) is 29.2. The second-order valence-corrected chi connectivity index (χ2v) is 13.0. The molecule has 0 aliphatic heterocycles. The highest BCUT2D eigenvalue weighted by atomic mass is 35.5. The maximum atomic E-state index is 13.9. The van der Waals surface area contributed by atoms with Gasteiger partial charge in [-0.2, -0.15) is 0 Å². The molecule has 9 heteroatoms. The molecule has 4 rings (SSSR count). The fourth-order valence-corrected chi connectivity index (χ4v) is 6.53. The first-order chi connectivity index (χ1) is 19.7. The normalized spacial score (nSPS) is 14.4. The SMILES string of the molecule is CS(=O)(=O)N(CCCC(=O)N(Cc1cccc(Cl)c1)[C@H](Cc1ccccc1)C(=O)NC1CCCC1)c1ccccc1. The van der Waals surface area contributed by atoms with E-state index in [0.717, 1.165) is 43.1 Å². The first-order valence-electron chi connectivity index (χ1n) is 14.1. The Morgan fingerprint density at radius 3 is 2.20 bits per heavy atom. The third-order valence-corrected chi connectivity index (χ3v) is 8.84. The van der Waals surface area contributed by atoms with Crippen molar-refractivity contribution in [1.29, 1.82) is 0 Å². The molecule has 1 aliphatic rings. The molecule has 0 spiro atoms. The molecule has 1 atom stereocenters. The van der Waals surface area contributed by atoms with Crippen LogP contribution in [-0.4, -0.2) is 50.0 Å². The molecular weight excluding hydrogens is 558 g/mol. The standard InChI is InChI=1S/C32H38ClN3O4S/c1-41(39,40)36(29-18-6-3-7-19-29)21-11-20-31(37)35(24-26-14-10-15-27(33)22-26)30(23-25-12-4-2-5-13-25)32(38)34-28-16-8-9-17-28/h2-7,10,12-15,18-19,22,28,30H,8-9,11,16-17,20-21,23-24H2,1H3,(H,34,38)/t30-/m1/s1. The Bertz CT molecular complexity index is 1400. The average molecular weight is 596 g/mol. The Morgan fingerprint density at radius 2 is 1.56 bits per heavy atom. The molecule has 1 saturated carbocycles. The molecule has 3 aromatic carbocycles. The van der Waals surface area contributed by atoms with E-state index in [1.165, 1.54) is 4.31 Å². The Balaban J connectivity index is 1.58. The number of rotatable bonds is 13. The maximum absolute atomic E-state index is 13.9. The van der Waals surface area contributed by atoms with Gasteiger partial charge in [-0.1, -0.05) is 85.1 Å². The van der Waals surface area contributed by atoms with Crippen LogP contribution in [0.1, 0.15) is 49.7 Å². The number of carbonyl (C=O) groups is 2. The number of carbonyl (C=O) groups excluding carboxylic acids is 2. The Morgan fingerprint density at radius 1 is 0.927 bits per heavy atom. The number of hydrogen-bond donors (Lipinski definition) is 1. The van der Waals surface area contributed by atoms with Crippen molar-refractivity contribution >= 4 is 39.1 Å². The van der Waals surface area contributed by atoms with Gasteiger partial charge in [-0.25, -0.2) is 8.42 Å². The van der Waals surface area contributed by atoms with Crippen LogP contribution in [0, 0.1) is 0 Å². The third kappa shape index (κ3) is 9.07. The number of para-hydroxylation sites is 1. The first-order valence-corrected chi connectivity index (χ1v) is 16.3. The minimum absolute atomic E-state index is 0.0847. The van der Waals surface area contributed by atoms with Gasteiger partial charge in [0.15, 0.2) is 0 Å². The molecule has 0 aromatic heterocycles. The number of hydrogen-bond acceptors (Lipinski definition) is 4. The van der Waals surface area contributed by atoms with Crippen molar-refractivity contribution in [3.8, 4) is 0 Å². The fraction of sp³-hybridized carbons (Fsp3) is 0.375. The van der Waals surface area contributed by atoms with Crippen LogP contribution in [0.2, 0.25) is 5.02 Å². The molecule has 41 heavy (non-hydrogen) atoms. The van der Waals surface area contributed by atoms with Gasteiger partial charge in [-0.15, -0.1) is 0 Å². The van der Waals surface area contributed by atoms with Crippen LogP contribution in [0.3, 0.4) is 0 Å². The van der Waals surface area contributed by atoms with Gasteiger partial charge in [0.2, 0.25) is 21.8 Å². The number of halogens is 1. The maximum Gasteiger partial charge on any atom is 0.243 e. The predicted molar refractivity (Wildman–Crippen MR) is 164 cm³/mol. The lowest BCUT2D eigenvalue weighted by atomic mass is 10.0. The van der Waals surface area contributed by atoms with Gasteiger partial charge >= 0.3 is 0 Å². The molecule has 218 valence electrons. The van der Waals surface area contributed by atoms with Crippen LogP contribution < -0.4 is 9.62 Å². The summed E-state index contributed by atoms with van der Waals surface area (Å²) in [6.07, 6.45) is 5.95. The molecule has 2 amide bonds. The number of amides is 2. The minimum atomic E-state index is -3.54. The van der Waals surface area contributed by atoms with Gasteiger partial charge in [-0.05, 0) is 54.7 Å². The van der Waals surface area contributed by atoms with Crippen molar-refractivity contribution < 1.29 is 18.0 Å². The van der Waals surface area contributed by atoms with Crippen LogP contribution in [0.5, 0.6) is 0 Å². The van der Waals surface area contributed by atoms with Gasteiger partial charge in [0, 0.05) is 37.0 Å². The van der Waals surface area contributed by atoms with Crippen LogP contribution in [0.25, 0.3) is 0 Å². The molecule has 0 unspecified atom stereocenters. The second kappa shape index (κ2) is 14.5. The fourth-order valence-electron chi connectivity index (χ4n) is 5.35. The lowest BCUT2D eigenvalue weighted by molar-refractivity contribution is -0.141. The van der Waals surface area contributed by atoms with Crippen molar-refractivity contribution in [3.05, 3.63) is 101 Å². The number of anilines is 1. The molecule has 3 aromatic rings. The molecule has 1 N–H and O–H groups in total. The van der Waals surface area contributed by atoms with Gasteiger partial charge in [0.05, 0.1) is 11.9 Å². The quantitative estimate of drug-likeness (QED) is 0.279. The van der Waals surface area contributed by atoms with Gasteiger partial charge in [0.25, 0.3) is 0 Å². The summed E-state index contributed by atoms with van der Waals surface area (Å²) in [5.74, 6) is -0.382. The number of nitrogens with zero attached hydrogens (tertiary/aromatic N) is 2. The summed E-state index contributed by atoms with van der Waals surface area (Å²) in [6, 6.07) is 25.2. The summed E-state index contributed by atoms with van der Waals surface area (Å²) in [7, 11) is -3.54. The zero-order valence-electron chi connectivity index (χ0n) is 23.4. The van der Waals surface area contributed by atoms with Crippen LogP contribution in [0.15, 0.2) is 84.9 Å². The Kier molecular flexibility index (Phi) is 10.8. The van der Waals surface area contributed by atoms with Gasteiger partial charge < -0.3 is 10.2 Å². The molecule has 7 nitrogen and oxygen atoms in total. The lowest BCUT2D eigenvalue weighted by Crippen LogP contribution is -2.52. The van der Waals surface area contributed by atoms with Crippen LogP contribution in [-0.2, 0) is 32.6 Å². The van der Waals surface area contributed by atoms with E-state index in [0.29, 0.717) is 23.6 Å². The first kappa shape index (κ1) is 30.6. The molecule has 1 aliphatic carbocycles. The summed E-state index contributed by atoms with van der Waals surface area (Å²) >= 11 is 6.27. The predicted octanol–water partition coefficient (Wildman–Crippen LogP) is 5.59. The highest BCUT2D eigenvalue weighted by molar-refractivity contribution is 7.92. The molecular formula is C32H38ClN3O4S. The van der Waals surface area contributed by atoms with Crippen molar-refractivity contribution in [2.45, 2.75) is 63.6 Å². The minimum Gasteiger partial charge on any atom is -0.352 e. The van der Waals surface area contributed by atoms with E-state index >= 15 is 0 Å². The van der Waals surface area contributed by atoms with E-state index in [9.17, 15) is 18.0 Å². The van der Waals surface area contributed by atoms with E-state index in [-0.39, 0.29) is 37.4 Å². The summed E-state index contributed by atoms with van der Waals surface area (Å²) in [6.45, 7) is 0.362.